The van der Waals surface area contributed by atoms with Gasteiger partial charge in [0.25, 0.3) is 0 Å². The van der Waals surface area contributed by atoms with Crippen molar-refractivity contribution in [3.8, 4) is 5.75 Å². The van der Waals surface area contributed by atoms with Gasteiger partial charge in [-0.2, -0.15) is 0 Å². The van der Waals surface area contributed by atoms with E-state index < -0.39 is 9.84 Å². The van der Waals surface area contributed by atoms with E-state index in [2.05, 4.69) is 34.4 Å². The average Bonchev–Trinajstić information content (AvgIpc) is 2.68. The lowest BCUT2D eigenvalue weighted by molar-refractivity contribution is 0.223. The number of aliphatic imine (C=N–C) groups is 1. The van der Waals surface area contributed by atoms with Crippen LogP contribution >= 0.6 is 0 Å². The Bertz CT molecular complexity index is 701. The van der Waals surface area contributed by atoms with Crippen LogP contribution in [0.3, 0.4) is 0 Å². The largest absolute Gasteiger partial charge is 0.492 e. The van der Waals surface area contributed by atoms with Gasteiger partial charge in [-0.15, -0.1) is 0 Å². The number of ether oxygens (including phenoxy) is 1. The molecule has 0 spiro atoms. The molecule has 0 aliphatic heterocycles. The highest BCUT2D eigenvalue weighted by Crippen LogP contribution is 2.13. The van der Waals surface area contributed by atoms with Gasteiger partial charge in [-0.1, -0.05) is 26.0 Å². The number of likely N-dealkylation sites (N-methyl/N-ethyl adjacent to an activating group) is 1. The zero-order valence-electron chi connectivity index (χ0n) is 18.6. The molecule has 0 saturated heterocycles. The lowest BCUT2D eigenvalue weighted by atomic mass is 10.2. The first kappa shape index (κ1) is 25.2. The number of benzene rings is 1. The summed E-state index contributed by atoms with van der Waals surface area (Å²) in [7, 11) is -2.96. The van der Waals surface area contributed by atoms with E-state index in [0.29, 0.717) is 25.5 Å². The van der Waals surface area contributed by atoms with Crippen LogP contribution in [0.2, 0.25) is 0 Å². The number of nitrogens with zero attached hydrogens (tertiary/aromatic N) is 2. The minimum Gasteiger partial charge on any atom is -0.492 e. The standard InChI is InChI=1S/C21H38N4O3S/c1-6-22-21(24-18(4)13-16-29(5,26)27)23-17-19-9-11-20(12-10-19)28-15-14-25(7-2)8-3/h9-12,18H,6-8,13-17H2,1-5H3,(H2,22,23,24). The van der Waals surface area contributed by atoms with Crippen molar-refractivity contribution in [3.05, 3.63) is 29.8 Å². The van der Waals surface area contributed by atoms with Crippen molar-refractivity contribution in [2.45, 2.75) is 46.7 Å². The Kier molecular flexibility index (Phi) is 11.7. The third kappa shape index (κ3) is 11.7. The molecule has 1 rings (SSSR count). The fraction of sp³-hybridized carbons (Fsp3) is 0.667. The van der Waals surface area contributed by atoms with Crippen molar-refractivity contribution in [1.29, 1.82) is 0 Å². The van der Waals surface area contributed by atoms with Crippen molar-refractivity contribution in [2.75, 3.05) is 44.8 Å². The lowest BCUT2D eigenvalue weighted by Crippen LogP contribution is -2.42. The SMILES string of the molecule is CCNC(=NCc1ccc(OCCN(CC)CC)cc1)NC(C)CCS(C)(=O)=O. The molecule has 166 valence electrons. The smallest absolute Gasteiger partial charge is 0.191 e. The van der Waals surface area contributed by atoms with Gasteiger partial charge in [-0.3, -0.25) is 0 Å². The van der Waals surface area contributed by atoms with E-state index in [1.807, 2.05) is 38.1 Å². The molecule has 1 aromatic carbocycles. The predicted molar refractivity (Wildman–Crippen MR) is 121 cm³/mol. The molecule has 0 aliphatic carbocycles. The fourth-order valence-corrected chi connectivity index (χ4v) is 3.49. The highest BCUT2D eigenvalue weighted by atomic mass is 32.2. The topological polar surface area (TPSA) is 83.0 Å². The lowest BCUT2D eigenvalue weighted by Gasteiger charge is -2.18. The summed E-state index contributed by atoms with van der Waals surface area (Å²) in [5.74, 6) is 1.72. The Balaban J connectivity index is 2.54. The van der Waals surface area contributed by atoms with Crippen LogP contribution in [-0.2, 0) is 16.4 Å². The molecule has 2 N–H and O–H groups in total. The number of guanidine groups is 1. The van der Waals surface area contributed by atoms with E-state index in [-0.39, 0.29) is 11.8 Å². The van der Waals surface area contributed by atoms with Crippen molar-refractivity contribution in [1.82, 2.24) is 15.5 Å². The molecule has 0 heterocycles. The minimum atomic E-state index is -2.96. The van der Waals surface area contributed by atoms with Gasteiger partial charge in [0.15, 0.2) is 5.96 Å². The zero-order chi connectivity index (χ0) is 21.7. The summed E-state index contributed by atoms with van der Waals surface area (Å²) in [5, 5.41) is 6.47. The Labute approximate surface area is 176 Å². The summed E-state index contributed by atoms with van der Waals surface area (Å²) in [6.45, 7) is 13.2. The van der Waals surface area contributed by atoms with Crippen molar-refractivity contribution in [2.24, 2.45) is 4.99 Å². The molecule has 7 nitrogen and oxygen atoms in total. The Morgan fingerprint density at radius 2 is 1.83 bits per heavy atom. The second-order valence-corrected chi connectivity index (χ2v) is 9.44. The normalized spacial score (nSPS) is 13.4. The van der Waals surface area contributed by atoms with Gasteiger partial charge in [0.2, 0.25) is 0 Å². The molecule has 0 amide bonds. The third-order valence-electron chi connectivity index (χ3n) is 4.56. The summed E-state index contributed by atoms with van der Waals surface area (Å²) in [6, 6.07) is 8.01. The Morgan fingerprint density at radius 1 is 1.17 bits per heavy atom. The van der Waals surface area contributed by atoms with Gasteiger partial charge in [0.1, 0.15) is 22.2 Å². The van der Waals surface area contributed by atoms with Gasteiger partial charge in [-0.05, 0) is 51.1 Å². The van der Waals surface area contributed by atoms with Crippen LogP contribution in [0.15, 0.2) is 29.3 Å². The maximum atomic E-state index is 11.3. The van der Waals surface area contributed by atoms with Gasteiger partial charge in [-0.25, -0.2) is 13.4 Å². The molecule has 8 heteroatoms. The molecular formula is C21H38N4O3S. The number of nitrogens with one attached hydrogen (secondary N) is 2. The van der Waals surface area contributed by atoms with Gasteiger partial charge >= 0.3 is 0 Å². The molecule has 1 aromatic rings. The van der Waals surface area contributed by atoms with Crippen LogP contribution in [0.25, 0.3) is 0 Å². The summed E-state index contributed by atoms with van der Waals surface area (Å²) >= 11 is 0. The van der Waals surface area contributed by atoms with E-state index in [4.69, 9.17) is 4.74 Å². The van der Waals surface area contributed by atoms with Crippen LogP contribution in [0.5, 0.6) is 5.75 Å². The second-order valence-electron chi connectivity index (χ2n) is 7.18. The molecule has 0 fully saturated rings. The molecule has 29 heavy (non-hydrogen) atoms. The van der Waals surface area contributed by atoms with Gasteiger partial charge < -0.3 is 20.3 Å². The number of rotatable bonds is 13. The van der Waals surface area contributed by atoms with E-state index in [1.165, 1.54) is 6.26 Å². The van der Waals surface area contributed by atoms with Gasteiger partial charge in [0.05, 0.1) is 12.3 Å². The van der Waals surface area contributed by atoms with E-state index in [0.717, 1.165) is 37.5 Å². The first-order valence-electron chi connectivity index (χ1n) is 10.4. The average molecular weight is 427 g/mol. The van der Waals surface area contributed by atoms with Crippen LogP contribution in [-0.4, -0.2) is 70.1 Å². The minimum absolute atomic E-state index is 0.0177. The molecule has 0 aliphatic rings. The highest BCUT2D eigenvalue weighted by Gasteiger charge is 2.09. The highest BCUT2D eigenvalue weighted by molar-refractivity contribution is 7.90. The summed E-state index contributed by atoms with van der Waals surface area (Å²) in [5.41, 5.74) is 1.09. The second kappa shape index (κ2) is 13.4. The zero-order valence-corrected chi connectivity index (χ0v) is 19.4. The summed E-state index contributed by atoms with van der Waals surface area (Å²) in [4.78, 5) is 6.93. The van der Waals surface area contributed by atoms with Crippen molar-refractivity contribution >= 4 is 15.8 Å². The monoisotopic (exact) mass is 426 g/mol. The third-order valence-corrected chi connectivity index (χ3v) is 5.54. The molecule has 0 bridgehead atoms. The number of sulfone groups is 1. The van der Waals surface area contributed by atoms with Crippen LogP contribution in [0, 0.1) is 0 Å². The number of hydrogen-bond donors (Lipinski definition) is 2. The molecular weight excluding hydrogens is 388 g/mol. The summed E-state index contributed by atoms with van der Waals surface area (Å²) < 4.78 is 28.5. The Morgan fingerprint density at radius 3 is 2.38 bits per heavy atom. The van der Waals surface area contributed by atoms with Crippen molar-refractivity contribution in [3.63, 3.8) is 0 Å². The first-order valence-corrected chi connectivity index (χ1v) is 12.5. The maximum absolute atomic E-state index is 11.3. The van der Waals surface area contributed by atoms with Crippen LogP contribution in [0.1, 0.15) is 39.7 Å². The molecule has 1 atom stereocenters. The van der Waals surface area contributed by atoms with Crippen LogP contribution < -0.4 is 15.4 Å². The fourth-order valence-electron chi connectivity index (χ4n) is 2.71. The maximum Gasteiger partial charge on any atom is 0.191 e. The van der Waals surface area contributed by atoms with E-state index in [1.54, 1.807) is 0 Å². The molecule has 0 aromatic heterocycles. The molecule has 0 saturated carbocycles. The number of hydrogen-bond acceptors (Lipinski definition) is 5. The first-order chi connectivity index (χ1) is 13.8. The Hall–Kier alpha value is -1.80. The predicted octanol–water partition coefficient (Wildman–Crippen LogP) is 2.29. The van der Waals surface area contributed by atoms with Crippen LogP contribution in [0.4, 0.5) is 0 Å². The molecule has 0 radical (unpaired) electrons. The van der Waals surface area contributed by atoms with E-state index in [9.17, 15) is 8.42 Å². The summed E-state index contributed by atoms with van der Waals surface area (Å²) in [6.07, 6.45) is 1.80. The van der Waals surface area contributed by atoms with Gasteiger partial charge in [0, 0.05) is 25.4 Å². The van der Waals surface area contributed by atoms with Crippen molar-refractivity contribution < 1.29 is 13.2 Å². The van der Waals surface area contributed by atoms with E-state index >= 15 is 0 Å². The molecule has 1 unspecified atom stereocenters. The quantitative estimate of drug-likeness (QED) is 0.372.